The normalized spacial score (nSPS) is 13.9. The molecule has 0 unspecified atom stereocenters. The first-order chi connectivity index (χ1) is 7.52. The van der Waals surface area contributed by atoms with E-state index in [1.165, 1.54) is 5.57 Å². The molecule has 0 saturated carbocycles. The third-order valence-electron chi connectivity index (χ3n) is 2.62. The lowest BCUT2D eigenvalue weighted by molar-refractivity contribution is 0.0942. The van der Waals surface area contributed by atoms with Crippen molar-refractivity contribution >= 4 is 5.78 Å². The maximum absolute atomic E-state index is 11.9. The van der Waals surface area contributed by atoms with E-state index >= 15 is 0 Å². The Labute approximate surface area is 96.6 Å². The van der Waals surface area contributed by atoms with Crippen LogP contribution in [0.2, 0.25) is 0 Å². The summed E-state index contributed by atoms with van der Waals surface area (Å²) in [7, 11) is 0. The number of allylic oxidation sites excluding steroid dienone is 2. The number of carbonyl (C=O) groups excluding carboxylic acids is 1. The van der Waals surface area contributed by atoms with Gasteiger partial charge in [-0.3, -0.25) is 4.79 Å². The van der Waals surface area contributed by atoms with Crippen molar-refractivity contribution in [3.8, 4) is 0 Å². The molecule has 0 saturated heterocycles. The van der Waals surface area contributed by atoms with E-state index in [-0.39, 0.29) is 11.7 Å². The summed E-state index contributed by atoms with van der Waals surface area (Å²) in [5.74, 6) is 0.570. The monoisotopic (exact) mass is 218 g/mol. The Morgan fingerprint density at radius 1 is 1.25 bits per heavy atom. The molecule has 3 nitrogen and oxygen atoms in total. The average molecular weight is 218 g/mol. The van der Waals surface area contributed by atoms with Crippen LogP contribution in [-0.2, 0) is 0 Å². The summed E-state index contributed by atoms with van der Waals surface area (Å²) in [4.78, 5) is 19.9. The molecule has 1 aromatic rings. The summed E-state index contributed by atoms with van der Waals surface area (Å²) in [6.07, 6.45) is 5.17. The molecule has 1 rings (SSSR count). The minimum atomic E-state index is -0.162. The van der Waals surface area contributed by atoms with E-state index in [0.717, 1.165) is 0 Å². The molecule has 0 amide bonds. The van der Waals surface area contributed by atoms with Gasteiger partial charge in [0.25, 0.3) is 0 Å². The van der Waals surface area contributed by atoms with Crippen molar-refractivity contribution in [1.29, 1.82) is 0 Å². The van der Waals surface area contributed by atoms with Gasteiger partial charge >= 0.3 is 0 Å². The second-order valence-corrected chi connectivity index (χ2v) is 4.29. The van der Waals surface area contributed by atoms with E-state index in [9.17, 15) is 4.79 Å². The smallest absolute Gasteiger partial charge is 0.206 e. The maximum atomic E-state index is 11.9. The molecule has 3 heteroatoms. The summed E-state index contributed by atoms with van der Waals surface area (Å²) in [6, 6.07) is 1.71. The van der Waals surface area contributed by atoms with Gasteiger partial charge in [0, 0.05) is 18.3 Å². The van der Waals surface area contributed by atoms with Crippen molar-refractivity contribution in [2.24, 2.45) is 11.8 Å². The zero-order valence-electron chi connectivity index (χ0n) is 10.3. The molecule has 1 aromatic heterocycles. The second-order valence-electron chi connectivity index (χ2n) is 4.29. The Hall–Kier alpha value is -1.51. The van der Waals surface area contributed by atoms with Gasteiger partial charge in [0.05, 0.1) is 0 Å². The second kappa shape index (κ2) is 5.54. The quantitative estimate of drug-likeness (QED) is 0.576. The van der Waals surface area contributed by atoms with E-state index in [4.69, 9.17) is 0 Å². The molecule has 0 aliphatic rings. The van der Waals surface area contributed by atoms with Crippen LogP contribution in [0, 0.1) is 11.8 Å². The fourth-order valence-electron chi connectivity index (χ4n) is 1.29. The molecule has 0 fully saturated rings. The zero-order chi connectivity index (χ0) is 12.1. The maximum Gasteiger partial charge on any atom is 0.206 e. The predicted molar refractivity (Wildman–Crippen MR) is 64.1 cm³/mol. The van der Waals surface area contributed by atoms with Crippen molar-refractivity contribution in [2.75, 3.05) is 0 Å². The Morgan fingerprint density at radius 2 is 1.81 bits per heavy atom. The number of hydrogen-bond donors (Lipinski definition) is 0. The van der Waals surface area contributed by atoms with Crippen molar-refractivity contribution < 1.29 is 4.79 Å². The Balaban J connectivity index is 2.80. The number of ketones is 1. The first kappa shape index (κ1) is 12.6. The van der Waals surface area contributed by atoms with Crippen molar-refractivity contribution in [3.63, 3.8) is 0 Å². The highest BCUT2D eigenvalue weighted by Gasteiger charge is 2.15. The highest BCUT2D eigenvalue weighted by molar-refractivity contribution is 5.95. The van der Waals surface area contributed by atoms with Crippen LogP contribution in [0.5, 0.6) is 0 Å². The molecule has 1 atom stereocenters. The highest BCUT2D eigenvalue weighted by Crippen LogP contribution is 2.14. The number of Topliss-reactive ketones (excluding diaryl/α,β-unsaturated/α-hetero) is 1. The number of nitrogens with zero attached hydrogens (tertiary/aromatic N) is 2. The lowest BCUT2D eigenvalue weighted by atomic mass is 9.97. The summed E-state index contributed by atoms with van der Waals surface area (Å²) in [5.41, 5.74) is 1.22. The van der Waals surface area contributed by atoms with Crippen LogP contribution >= 0.6 is 0 Å². The predicted octanol–water partition coefficient (Wildman–Crippen LogP) is 2.90. The number of rotatable bonds is 4. The summed E-state index contributed by atoms with van der Waals surface area (Å²) in [6.45, 7) is 8.15. The first-order valence-corrected chi connectivity index (χ1v) is 5.52. The number of aromatic nitrogens is 2. The Morgan fingerprint density at radius 3 is 2.31 bits per heavy atom. The van der Waals surface area contributed by atoms with E-state index in [1.807, 2.05) is 19.9 Å². The van der Waals surface area contributed by atoms with E-state index in [1.54, 1.807) is 18.5 Å². The lowest BCUT2D eigenvalue weighted by Gasteiger charge is -2.09. The van der Waals surface area contributed by atoms with Crippen LogP contribution in [0.15, 0.2) is 30.1 Å². The third kappa shape index (κ3) is 3.26. The molecule has 0 bridgehead atoms. The standard InChI is InChI=1S/C13H18N2O/c1-9(2)10(3)8-11(4)12(16)13-14-6-5-7-15-13/h5-9,11H,1-4H3/b10-8+/t11-/m1/s1. The Bertz CT molecular complexity index is 382. The summed E-state index contributed by atoms with van der Waals surface area (Å²) < 4.78 is 0. The molecular weight excluding hydrogens is 200 g/mol. The van der Waals surface area contributed by atoms with Crippen LogP contribution in [-0.4, -0.2) is 15.8 Å². The van der Waals surface area contributed by atoms with Crippen molar-refractivity contribution in [2.45, 2.75) is 27.7 Å². The van der Waals surface area contributed by atoms with Crippen LogP contribution < -0.4 is 0 Å². The van der Waals surface area contributed by atoms with Crippen LogP contribution in [0.4, 0.5) is 0 Å². The lowest BCUT2D eigenvalue weighted by Crippen LogP contribution is -2.13. The molecular formula is C13H18N2O. The zero-order valence-corrected chi connectivity index (χ0v) is 10.3. The van der Waals surface area contributed by atoms with Gasteiger partial charge in [-0.2, -0.15) is 0 Å². The molecule has 0 spiro atoms. The molecule has 0 aliphatic carbocycles. The molecule has 0 N–H and O–H groups in total. The van der Waals surface area contributed by atoms with Gasteiger partial charge < -0.3 is 0 Å². The summed E-state index contributed by atoms with van der Waals surface area (Å²) >= 11 is 0. The molecule has 16 heavy (non-hydrogen) atoms. The van der Waals surface area contributed by atoms with Gasteiger partial charge in [0.2, 0.25) is 5.78 Å². The fraction of sp³-hybridized carbons (Fsp3) is 0.462. The molecule has 0 radical (unpaired) electrons. The highest BCUT2D eigenvalue weighted by atomic mass is 16.1. The minimum absolute atomic E-state index is 0.0272. The molecule has 0 aliphatic heterocycles. The number of carbonyl (C=O) groups is 1. The first-order valence-electron chi connectivity index (χ1n) is 5.52. The van der Waals surface area contributed by atoms with Gasteiger partial charge in [-0.15, -0.1) is 0 Å². The molecule has 0 aromatic carbocycles. The fourth-order valence-corrected chi connectivity index (χ4v) is 1.29. The SMILES string of the molecule is C/C(=C\[C@@H](C)C(=O)c1ncccn1)C(C)C. The van der Waals surface area contributed by atoms with Gasteiger partial charge in [0.1, 0.15) is 0 Å². The van der Waals surface area contributed by atoms with Gasteiger partial charge in [-0.05, 0) is 18.9 Å². The van der Waals surface area contributed by atoms with E-state index in [2.05, 4.69) is 23.8 Å². The summed E-state index contributed by atoms with van der Waals surface area (Å²) in [5, 5.41) is 0. The van der Waals surface area contributed by atoms with Crippen molar-refractivity contribution in [3.05, 3.63) is 35.9 Å². The molecule has 86 valence electrons. The minimum Gasteiger partial charge on any atom is -0.290 e. The van der Waals surface area contributed by atoms with Gasteiger partial charge in [0.15, 0.2) is 5.82 Å². The van der Waals surface area contributed by atoms with Crippen LogP contribution in [0.1, 0.15) is 38.3 Å². The van der Waals surface area contributed by atoms with Crippen molar-refractivity contribution in [1.82, 2.24) is 9.97 Å². The average Bonchev–Trinajstić information content (AvgIpc) is 2.28. The number of hydrogen-bond acceptors (Lipinski definition) is 3. The third-order valence-corrected chi connectivity index (χ3v) is 2.62. The van der Waals surface area contributed by atoms with Gasteiger partial charge in [-0.1, -0.05) is 32.4 Å². The topological polar surface area (TPSA) is 42.9 Å². The van der Waals surface area contributed by atoms with E-state index in [0.29, 0.717) is 11.7 Å². The Kier molecular flexibility index (Phi) is 4.35. The van der Waals surface area contributed by atoms with Gasteiger partial charge in [-0.25, -0.2) is 9.97 Å². The van der Waals surface area contributed by atoms with Crippen LogP contribution in [0.25, 0.3) is 0 Å². The molecule has 1 heterocycles. The largest absolute Gasteiger partial charge is 0.290 e. The van der Waals surface area contributed by atoms with E-state index < -0.39 is 0 Å². The van der Waals surface area contributed by atoms with Crippen LogP contribution in [0.3, 0.4) is 0 Å².